The van der Waals surface area contributed by atoms with Gasteiger partial charge in [0.15, 0.2) is 5.72 Å². The predicted molar refractivity (Wildman–Crippen MR) is 353 cm³/mol. The van der Waals surface area contributed by atoms with E-state index in [1.54, 1.807) is 57.2 Å². The summed E-state index contributed by atoms with van der Waals surface area (Å²) in [6, 6.07) is 26.9. The van der Waals surface area contributed by atoms with E-state index < -0.39 is 114 Å². The molecule has 9 rings (SSSR count). The molecular formula is C70H85ClN8O16. The lowest BCUT2D eigenvalue weighted by atomic mass is 9.83. The van der Waals surface area contributed by atoms with Crippen molar-refractivity contribution in [2.75, 3.05) is 60.5 Å². The van der Waals surface area contributed by atoms with E-state index in [4.69, 9.17) is 40.0 Å². The van der Waals surface area contributed by atoms with Crippen molar-refractivity contribution in [1.29, 1.82) is 0 Å². The number of carboxylic acid groups (broad SMARTS) is 1. The number of halogens is 1. The molecule has 95 heavy (non-hydrogen) atoms. The molecule has 1 aromatic heterocycles. The molecule has 4 bridgehead atoms. The standard InChI is InChI=1S/C70H85ClN8O16/c1-41-19-17-26-57(91-10)70(89)38-56(93-67(87)74-70)42(2)64-69(4,95-64)58(37-61(82)77(7)54-34-44(33-41)35-55(90-9)63(54)71)94-66(86)43(3)76(6)60(81)27-18-31-72-65(85)52(28-29-62(83)84)73-59(80)30-32-79-46(36-45-20-11-16-25-53(45)79)39-75(5)78(8)68(88)92-40-51-49-23-14-12-21-47(49)48-22-13-15-24-50(48)51/h11-17,19-26,34-36,42-43,51-52,56-58,64,89H,18,27-33,37-40H2,1-10H3,(H,72,85)(H,73,80)(H,74,87)(H,83,84)/b26-17+,41-19+/t42-,43+,52+,56+,57-,58+,64+,69-,70+/m1/s1. The van der Waals surface area contributed by atoms with Crippen LogP contribution in [0.15, 0.2) is 115 Å². The number of methoxy groups -OCH3 is 2. The van der Waals surface area contributed by atoms with Gasteiger partial charge in [-0.25, -0.2) is 24.4 Å². The van der Waals surface area contributed by atoms with E-state index in [2.05, 4.69) is 40.2 Å². The van der Waals surface area contributed by atoms with Gasteiger partial charge in [0, 0.05) is 97.1 Å². The molecule has 5 N–H and O–H groups in total. The van der Waals surface area contributed by atoms with Crippen molar-refractivity contribution in [3.8, 4) is 16.9 Å². The van der Waals surface area contributed by atoms with Gasteiger partial charge in [0.05, 0.1) is 31.9 Å². The molecular weight excluding hydrogens is 1240 g/mol. The number of anilines is 1. The van der Waals surface area contributed by atoms with Gasteiger partial charge in [0.2, 0.25) is 23.6 Å². The van der Waals surface area contributed by atoms with Crippen LogP contribution < -0.4 is 25.6 Å². The van der Waals surface area contributed by atoms with Crippen LogP contribution in [-0.4, -0.2) is 181 Å². The number of hydrogen-bond donors (Lipinski definition) is 5. The lowest BCUT2D eigenvalue weighted by Gasteiger charge is -2.42. The maximum Gasteiger partial charge on any atom is 0.424 e. The van der Waals surface area contributed by atoms with Crippen molar-refractivity contribution in [2.24, 2.45) is 5.92 Å². The molecule has 0 spiro atoms. The lowest BCUT2D eigenvalue weighted by Crippen LogP contribution is -2.63. The fourth-order valence-corrected chi connectivity index (χ4v) is 13.1. The van der Waals surface area contributed by atoms with Gasteiger partial charge in [-0.2, -0.15) is 0 Å². The summed E-state index contributed by atoms with van der Waals surface area (Å²) in [5.41, 5.74) is 4.72. The molecule has 5 aromatic rings. The molecule has 6 amide bonds. The number of hydrogen-bond acceptors (Lipinski definition) is 16. The van der Waals surface area contributed by atoms with Crippen LogP contribution in [0.4, 0.5) is 15.3 Å². The second-order valence-electron chi connectivity index (χ2n) is 25.1. The Morgan fingerprint density at radius 1 is 0.926 bits per heavy atom. The fraction of sp³-hybridized carbons (Fsp3) is 0.457. The number of carbonyl (C=O) groups excluding carboxylic acids is 7. The van der Waals surface area contributed by atoms with Crippen molar-refractivity contribution < 1.29 is 77.0 Å². The van der Waals surface area contributed by atoms with Gasteiger partial charge >= 0.3 is 24.1 Å². The molecule has 4 aliphatic rings. The number of aromatic nitrogens is 1. The molecule has 3 aliphatic heterocycles. The first-order valence-corrected chi connectivity index (χ1v) is 32.1. The quantitative estimate of drug-likeness (QED) is 0.0144. The van der Waals surface area contributed by atoms with Gasteiger partial charge in [-0.1, -0.05) is 109 Å². The first kappa shape index (κ1) is 70.5. The van der Waals surface area contributed by atoms with E-state index in [0.717, 1.165) is 50.0 Å². The predicted octanol–water partition coefficient (Wildman–Crippen LogP) is 8.03. The van der Waals surface area contributed by atoms with Crippen LogP contribution in [0.3, 0.4) is 0 Å². The summed E-state index contributed by atoms with van der Waals surface area (Å²) in [4.78, 5) is 111. The largest absolute Gasteiger partial charge is 0.495 e. The van der Waals surface area contributed by atoms with Crippen molar-refractivity contribution in [2.45, 2.75) is 146 Å². The smallest absolute Gasteiger partial charge is 0.424 e. The lowest BCUT2D eigenvalue weighted by molar-refractivity contribution is -0.162. The van der Waals surface area contributed by atoms with Crippen molar-refractivity contribution in [1.82, 2.24) is 35.4 Å². The normalized spacial score (nSPS) is 23.3. The monoisotopic (exact) mass is 1330 g/mol. The minimum Gasteiger partial charge on any atom is -0.495 e. The molecule has 4 aromatic carbocycles. The molecule has 9 atom stereocenters. The Balaban J connectivity index is 0.802. The number of amides is 6. The number of fused-ring (bicyclic) bond motifs is 9. The highest BCUT2D eigenvalue weighted by molar-refractivity contribution is 6.35. The highest BCUT2D eigenvalue weighted by Gasteiger charge is 2.64. The molecule has 0 saturated carbocycles. The molecule has 0 unspecified atom stereocenters. The summed E-state index contributed by atoms with van der Waals surface area (Å²) in [6.07, 6.45) is -1.26. The summed E-state index contributed by atoms with van der Waals surface area (Å²) in [6.45, 7) is 7.29. The number of para-hydroxylation sites is 1. The summed E-state index contributed by atoms with van der Waals surface area (Å²) < 4.78 is 37.5. The summed E-state index contributed by atoms with van der Waals surface area (Å²) in [7, 11) is 9.19. The fourth-order valence-electron chi connectivity index (χ4n) is 12.8. The van der Waals surface area contributed by atoms with Crippen LogP contribution in [0.2, 0.25) is 5.02 Å². The maximum absolute atomic E-state index is 14.5. The number of aliphatic carboxylic acids is 1. The number of likely N-dealkylation sites (N-methyl/N-ethyl adjacent to an activating group) is 1. The Kier molecular flexibility index (Phi) is 22.5. The molecule has 2 saturated heterocycles. The van der Waals surface area contributed by atoms with Gasteiger partial charge in [-0.05, 0) is 97.5 Å². The number of alkyl carbamates (subject to hydrolysis) is 1. The van der Waals surface area contributed by atoms with Gasteiger partial charge in [-0.15, -0.1) is 0 Å². The Hall–Kier alpha value is -8.81. The van der Waals surface area contributed by atoms with E-state index in [1.807, 2.05) is 72.2 Å². The van der Waals surface area contributed by atoms with Crippen molar-refractivity contribution in [3.63, 3.8) is 0 Å². The first-order valence-electron chi connectivity index (χ1n) is 31.8. The number of esters is 1. The van der Waals surface area contributed by atoms with Crippen LogP contribution in [0.1, 0.15) is 101 Å². The Labute approximate surface area is 557 Å². The number of carbonyl (C=O) groups is 8. The number of aliphatic hydroxyl groups is 1. The summed E-state index contributed by atoms with van der Waals surface area (Å²) >= 11 is 6.86. The zero-order valence-corrected chi connectivity index (χ0v) is 56.0. The highest BCUT2D eigenvalue weighted by atomic mass is 35.5. The minimum absolute atomic E-state index is 0.0535. The zero-order chi connectivity index (χ0) is 68.6. The van der Waals surface area contributed by atoms with Crippen LogP contribution in [0.25, 0.3) is 22.0 Å². The third-order valence-corrected chi connectivity index (χ3v) is 19.0. The number of nitrogens with zero attached hydrogens (tertiary/aromatic N) is 5. The molecule has 24 nitrogen and oxygen atoms in total. The molecule has 25 heteroatoms. The number of hydrazine groups is 1. The molecule has 0 radical (unpaired) electrons. The summed E-state index contributed by atoms with van der Waals surface area (Å²) in [5.74, 6) is -4.69. The van der Waals surface area contributed by atoms with Crippen molar-refractivity contribution in [3.05, 3.63) is 142 Å². The summed E-state index contributed by atoms with van der Waals surface area (Å²) in [5, 5.41) is 33.7. The zero-order valence-electron chi connectivity index (χ0n) is 55.2. The topological polar surface area (TPSA) is 290 Å². The van der Waals surface area contributed by atoms with Crippen LogP contribution >= 0.6 is 11.6 Å². The number of carboxylic acids is 1. The van der Waals surface area contributed by atoms with Gasteiger partial charge in [0.1, 0.15) is 53.4 Å². The molecule has 1 aliphatic carbocycles. The Bertz CT molecular complexity index is 3740. The average molecular weight is 1330 g/mol. The second kappa shape index (κ2) is 30.3. The first-order chi connectivity index (χ1) is 45.2. The van der Waals surface area contributed by atoms with E-state index in [-0.39, 0.29) is 69.3 Å². The van der Waals surface area contributed by atoms with Gasteiger partial charge < -0.3 is 63.6 Å². The Morgan fingerprint density at radius 3 is 2.29 bits per heavy atom. The highest BCUT2D eigenvalue weighted by Crippen LogP contribution is 2.50. The maximum atomic E-state index is 14.5. The second-order valence-corrected chi connectivity index (χ2v) is 25.5. The van der Waals surface area contributed by atoms with E-state index in [0.29, 0.717) is 17.9 Å². The van der Waals surface area contributed by atoms with E-state index in [1.165, 1.54) is 50.0 Å². The average Bonchev–Trinajstić information content (AvgIpc) is 1.58. The van der Waals surface area contributed by atoms with Crippen LogP contribution in [-0.2, 0) is 72.0 Å². The SMILES string of the molecule is COc1cc2cc(c1Cl)N(C)C(=O)C[C@H](OC(=O)[C@H](C)N(C)C(=O)CCCNC(=O)[C@H](CCC(=O)O)NC(=O)CCn1c(CN(C)N(C)C(=O)OCC3c4ccccc4-c4ccccc43)cc3ccccc31)[C@@]1(C)O[C@H]1[C@H](C)[C@@H]1C[C@@](O)(NC(=O)O1)[C@H](OC)/C=C/C=C(\C)C2. The number of allylic oxidation sites excluding steroid dienone is 3. The number of nitrogens with one attached hydrogen (secondary N) is 3. The van der Waals surface area contributed by atoms with Gasteiger partial charge in [0.25, 0.3) is 0 Å². The third kappa shape index (κ3) is 16.1. The van der Waals surface area contributed by atoms with Gasteiger partial charge in [-0.3, -0.25) is 29.3 Å². The molecule has 508 valence electrons. The van der Waals surface area contributed by atoms with Crippen LogP contribution in [0, 0.1) is 5.92 Å². The number of epoxide rings is 1. The number of ether oxygens (including phenoxy) is 6. The van der Waals surface area contributed by atoms with Crippen molar-refractivity contribution >= 4 is 75.9 Å². The minimum atomic E-state index is -1.91. The molecule has 2 fully saturated rings. The number of rotatable bonds is 22. The van der Waals surface area contributed by atoms with Crippen LogP contribution in [0.5, 0.6) is 5.75 Å². The Morgan fingerprint density at radius 2 is 1.61 bits per heavy atom. The molecule has 4 heterocycles. The number of aryl methyl sites for hydroxylation is 1. The van der Waals surface area contributed by atoms with E-state index in [9.17, 15) is 48.6 Å². The third-order valence-electron chi connectivity index (χ3n) is 18.7. The van der Waals surface area contributed by atoms with E-state index >= 15 is 0 Å². The number of benzene rings is 4.